The van der Waals surface area contributed by atoms with Gasteiger partial charge in [0.1, 0.15) is 11.4 Å². The summed E-state index contributed by atoms with van der Waals surface area (Å²) in [5, 5.41) is 8.62. The van der Waals surface area contributed by atoms with E-state index in [0.717, 1.165) is 42.2 Å². The topological polar surface area (TPSA) is 72.7 Å². The Morgan fingerprint density at radius 3 is 2.92 bits per heavy atom. The van der Waals surface area contributed by atoms with Gasteiger partial charge in [0, 0.05) is 17.8 Å². The Morgan fingerprint density at radius 1 is 1.23 bits per heavy atom. The van der Waals surface area contributed by atoms with Crippen LogP contribution >= 0.6 is 11.8 Å². The van der Waals surface area contributed by atoms with Crippen molar-refractivity contribution in [1.82, 2.24) is 25.1 Å². The van der Waals surface area contributed by atoms with Crippen LogP contribution in [-0.4, -0.2) is 37.5 Å². The first-order chi connectivity index (χ1) is 12.7. The van der Waals surface area contributed by atoms with E-state index in [-0.39, 0.29) is 5.91 Å². The third kappa shape index (κ3) is 3.77. The number of carbonyl (C=O) groups excluding carboxylic acids is 1. The third-order valence-electron chi connectivity index (χ3n) is 5.30. The van der Waals surface area contributed by atoms with Gasteiger partial charge >= 0.3 is 0 Å². The fourth-order valence-corrected chi connectivity index (χ4v) is 4.66. The molecule has 2 heterocycles. The second kappa shape index (κ2) is 7.78. The Morgan fingerprint density at radius 2 is 2.08 bits per heavy atom. The van der Waals surface area contributed by atoms with Crippen LogP contribution in [0.5, 0.6) is 0 Å². The number of thioether (sulfide) groups is 1. The van der Waals surface area contributed by atoms with Crippen LogP contribution in [0.4, 0.5) is 0 Å². The zero-order chi connectivity index (χ0) is 17.9. The van der Waals surface area contributed by atoms with Gasteiger partial charge in [-0.2, -0.15) is 5.10 Å². The summed E-state index contributed by atoms with van der Waals surface area (Å²) in [6.07, 6.45) is 10.9. The molecule has 1 saturated carbocycles. The Labute approximate surface area is 158 Å². The number of aryl methyl sites for hydroxylation is 1. The highest BCUT2D eigenvalue weighted by molar-refractivity contribution is 7.99. The first kappa shape index (κ1) is 17.5. The lowest BCUT2D eigenvalue weighted by molar-refractivity contribution is -0.119. The van der Waals surface area contributed by atoms with E-state index >= 15 is 0 Å². The summed E-state index contributed by atoms with van der Waals surface area (Å²) in [4.78, 5) is 20.9. The van der Waals surface area contributed by atoms with Crippen molar-refractivity contribution in [3.63, 3.8) is 0 Å². The molecule has 7 heteroatoms. The number of aromatic nitrogens is 4. The van der Waals surface area contributed by atoms with Gasteiger partial charge in [-0.05, 0) is 44.6 Å². The minimum absolute atomic E-state index is 0.0953. The van der Waals surface area contributed by atoms with E-state index < -0.39 is 0 Å². The molecule has 2 aromatic heterocycles. The highest BCUT2D eigenvalue weighted by Crippen LogP contribution is 2.27. The van der Waals surface area contributed by atoms with Crippen LogP contribution in [0.2, 0.25) is 0 Å². The SMILES string of the molecule is Cc1nn(-c2cc(SCC(=O)NC3CCCCC3)ncn2)c2c1CCC2. The summed E-state index contributed by atoms with van der Waals surface area (Å²) < 4.78 is 1.95. The number of nitrogens with zero attached hydrogens (tertiary/aromatic N) is 4. The molecule has 2 aliphatic carbocycles. The van der Waals surface area contributed by atoms with Crippen LogP contribution in [-0.2, 0) is 17.6 Å². The normalized spacial score (nSPS) is 17.3. The number of nitrogens with one attached hydrogen (secondary N) is 1. The smallest absolute Gasteiger partial charge is 0.230 e. The Kier molecular flexibility index (Phi) is 5.24. The number of fused-ring (bicyclic) bond motifs is 1. The zero-order valence-corrected chi connectivity index (χ0v) is 16.0. The maximum absolute atomic E-state index is 12.2. The number of amides is 1. The van der Waals surface area contributed by atoms with Gasteiger partial charge in [-0.1, -0.05) is 31.0 Å². The maximum atomic E-state index is 12.2. The highest BCUT2D eigenvalue weighted by atomic mass is 32.2. The molecule has 2 aromatic rings. The minimum atomic E-state index is 0.0953. The van der Waals surface area contributed by atoms with Gasteiger partial charge in [0.05, 0.1) is 11.4 Å². The molecule has 0 atom stereocenters. The second-order valence-corrected chi connectivity index (χ2v) is 8.18. The average molecular weight is 372 g/mol. The van der Waals surface area contributed by atoms with E-state index in [1.54, 1.807) is 6.33 Å². The molecular formula is C19H25N5OS. The van der Waals surface area contributed by atoms with E-state index in [0.29, 0.717) is 11.8 Å². The predicted molar refractivity (Wildman–Crippen MR) is 102 cm³/mol. The van der Waals surface area contributed by atoms with Crippen molar-refractivity contribution >= 4 is 17.7 Å². The maximum Gasteiger partial charge on any atom is 0.230 e. The highest BCUT2D eigenvalue weighted by Gasteiger charge is 2.22. The summed E-state index contributed by atoms with van der Waals surface area (Å²) in [6, 6.07) is 2.29. The van der Waals surface area contributed by atoms with Gasteiger partial charge in [0.15, 0.2) is 5.82 Å². The molecule has 26 heavy (non-hydrogen) atoms. The molecule has 0 unspecified atom stereocenters. The van der Waals surface area contributed by atoms with Crippen LogP contribution in [0.1, 0.15) is 55.5 Å². The number of hydrogen-bond acceptors (Lipinski definition) is 5. The largest absolute Gasteiger partial charge is 0.353 e. The van der Waals surface area contributed by atoms with Crippen LogP contribution in [0, 0.1) is 6.92 Å². The molecule has 1 amide bonds. The summed E-state index contributed by atoms with van der Waals surface area (Å²) in [5.41, 5.74) is 3.73. The van der Waals surface area contributed by atoms with Crippen molar-refractivity contribution in [1.29, 1.82) is 0 Å². The van der Waals surface area contributed by atoms with Crippen LogP contribution in [0.15, 0.2) is 17.4 Å². The van der Waals surface area contributed by atoms with Gasteiger partial charge in [0.25, 0.3) is 0 Å². The monoisotopic (exact) mass is 371 g/mol. The van der Waals surface area contributed by atoms with Gasteiger partial charge in [-0.15, -0.1) is 0 Å². The van der Waals surface area contributed by atoms with Gasteiger partial charge in [-0.3, -0.25) is 4.79 Å². The molecule has 0 saturated heterocycles. The van der Waals surface area contributed by atoms with Crippen molar-refractivity contribution in [2.45, 2.75) is 69.4 Å². The summed E-state index contributed by atoms with van der Waals surface area (Å²) >= 11 is 1.46. The standard InChI is InChI=1S/C19H25N5OS/c1-13-15-8-5-9-16(15)24(23-13)17-10-19(21-12-20-17)26-11-18(25)22-14-6-3-2-4-7-14/h10,12,14H,2-9,11H2,1H3,(H,22,25). The van der Waals surface area contributed by atoms with E-state index in [9.17, 15) is 4.79 Å². The fraction of sp³-hybridized carbons (Fsp3) is 0.579. The molecule has 0 bridgehead atoms. The van der Waals surface area contributed by atoms with Gasteiger partial charge < -0.3 is 5.32 Å². The molecule has 0 spiro atoms. The average Bonchev–Trinajstić information content (AvgIpc) is 3.25. The Hall–Kier alpha value is -1.89. The number of hydrogen-bond donors (Lipinski definition) is 1. The molecule has 0 radical (unpaired) electrons. The quantitative estimate of drug-likeness (QED) is 0.646. The number of rotatable bonds is 5. The molecule has 138 valence electrons. The third-order valence-corrected chi connectivity index (χ3v) is 6.22. The summed E-state index contributed by atoms with van der Waals surface area (Å²) in [7, 11) is 0. The first-order valence-corrected chi connectivity index (χ1v) is 10.5. The van der Waals surface area contributed by atoms with Crippen molar-refractivity contribution in [2.24, 2.45) is 0 Å². The predicted octanol–water partition coefficient (Wildman–Crippen LogP) is 3.00. The lowest BCUT2D eigenvalue weighted by Crippen LogP contribution is -2.37. The molecule has 6 nitrogen and oxygen atoms in total. The van der Waals surface area contributed by atoms with E-state index in [4.69, 9.17) is 0 Å². The van der Waals surface area contributed by atoms with Crippen molar-refractivity contribution < 1.29 is 4.79 Å². The molecule has 2 aliphatic rings. The van der Waals surface area contributed by atoms with Gasteiger partial charge in [0.2, 0.25) is 5.91 Å². The minimum Gasteiger partial charge on any atom is -0.353 e. The summed E-state index contributed by atoms with van der Waals surface area (Å²) in [5.74, 6) is 1.28. The molecule has 1 fully saturated rings. The van der Waals surface area contributed by atoms with Crippen molar-refractivity contribution in [3.8, 4) is 5.82 Å². The molecular weight excluding hydrogens is 346 g/mol. The van der Waals surface area contributed by atoms with Crippen LogP contribution in [0.3, 0.4) is 0 Å². The van der Waals surface area contributed by atoms with Gasteiger partial charge in [-0.25, -0.2) is 14.6 Å². The Bertz CT molecular complexity index is 797. The van der Waals surface area contributed by atoms with E-state index in [1.807, 2.05) is 10.7 Å². The van der Waals surface area contributed by atoms with Crippen LogP contribution < -0.4 is 5.32 Å². The molecule has 1 N–H and O–H groups in total. The van der Waals surface area contributed by atoms with Crippen LogP contribution in [0.25, 0.3) is 5.82 Å². The first-order valence-electron chi connectivity index (χ1n) is 9.52. The molecule has 0 aromatic carbocycles. The lowest BCUT2D eigenvalue weighted by atomic mass is 9.95. The lowest BCUT2D eigenvalue weighted by Gasteiger charge is -2.22. The second-order valence-electron chi connectivity index (χ2n) is 7.18. The zero-order valence-electron chi connectivity index (χ0n) is 15.2. The molecule has 0 aliphatic heterocycles. The van der Waals surface area contributed by atoms with E-state index in [1.165, 1.54) is 48.7 Å². The fourth-order valence-electron chi connectivity index (χ4n) is 3.99. The van der Waals surface area contributed by atoms with E-state index in [2.05, 4.69) is 27.3 Å². The summed E-state index contributed by atoms with van der Waals surface area (Å²) in [6.45, 7) is 2.06. The van der Waals surface area contributed by atoms with Crippen molar-refractivity contribution in [3.05, 3.63) is 29.3 Å². The Balaban J connectivity index is 1.40. The number of carbonyl (C=O) groups is 1. The molecule has 4 rings (SSSR count). The van der Waals surface area contributed by atoms with Crippen molar-refractivity contribution in [2.75, 3.05) is 5.75 Å².